The first-order valence-corrected chi connectivity index (χ1v) is 6.13. The van der Waals surface area contributed by atoms with E-state index in [-0.39, 0.29) is 12.5 Å². The van der Waals surface area contributed by atoms with Gasteiger partial charge < -0.3 is 10.4 Å². The zero-order chi connectivity index (χ0) is 14.5. The maximum absolute atomic E-state index is 11.8. The fraction of sp³-hybridized carbons (Fsp3) is 0.333. The van der Waals surface area contributed by atoms with Gasteiger partial charge in [-0.15, -0.1) is 0 Å². The predicted octanol–water partition coefficient (Wildman–Crippen LogP) is 0.114. The lowest BCUT2D eigenvalue weighted by Crippen LogP contribution is -2.22. The Morgan fingerprint density at radius 2 is 2.20 bits per heavy atom. The molecule has 2 N–H and O–H groups in total. The molecule has 106 valence electrons. The molecule has 0 bridgehead atoms. The quantitative estimate of drug-likeness (QED) is 0.780. The van der Waals surface area contributed by atoms with E-state index in [2.05, 4.69) is 15.5 Å². The van der Waals surface area contributed by atoms with Crippen molar-refractivity contribution in [3.8, 4) is 0 Å². The van der Waals surface area contributed by atoms with Gasteiger partial charge in [0.1, 0.15) is 6.54 Å². The molecule has 20 heavy (non-hydrogen) atoms. The van der Waals surface area contributed by atoms with Crippen LogP contribution >= 0.6 is 0 Å². The summed E-state index contributed by atoms with van der Waals surface area (Å²) in [5, 5.41) is 19.4. The van der Waals surface area contributed by atoms with E-state index in [1.807, 2.05) is 19.2 Å². The Morgan fingerprint density at radius 1 is 1.40 bits per heavy atom. The Hall–Kier alpha value is -2.64. The van der Waals surface area contributed by atoms with E-state index in [1.165, 1.54) is 17.1 Å². The Bertz CT molecular complexity index is 616. The minimum atomic E-state index is -1.01. The number of carboxylic acids is 1. The monoisotopic (exact) mass is 277 g/mol. The summed E-state index contributed by atoms with van der Waals surface area (Å²) in [6.45, 7) is 2.80. The maximum atomic E-state index is 11.8. The van der Waals surface area contributed by atoms with Gasteiger partial charge in [0.2, 0.25) is 0 Å². The van der Waals surface area contributed by atoms with Crippen LogP contribution in [0.2, 0.25) is 0 Å². The number of nitrogens with zero attached hydrogens (tertiary/aromatic N) is 4. The van der Waals surface area contributed by atoms with Gasteiger partial charge in [-0.25, -0.2) is 0 Å². The van der Waals surface area contributed by atoms with Crippen molar-refractivity contribution in [3.63, 3.8) is 0 Å². The van der Waals surface area contributed by atoms with Crippen LogP contribution in [0, 0.1) is 0 Å². The third-order valence-corrected chi connectivity index (χ3v) is 2.64. The second kappa shape index (κ2) is 6.00. The summed E-state index contributed by atoms with van der Waals surface area (Å²) >= 11 is 0. The molecule has 2 rings (SSSR count). The fourth-order valence-electron chi connectivity index (χ4n) is 1.65. The summed E-state index contributed by atoms with van der Waals surface area (Å²) in [5.74, 6) is -1.32. The van der Waals surface area contributed by atoms with Crippen LogP contribution in [-0.4, -0.2) is 36.5 Å². The Labute approximate surface area is 115 Å². The van der Waals surface area contributed by atoms with Gasteiger partial charge in [0, 0.05) is 18.9 Å². The van der Waals surface area contributed by atoms with Crippen molar-refractivity contribution in [1.29, 1.82) is 0 Å². The van der Waals surface area contributed by atoms with Gasteiger partial charge in [0.15, 0.2) is 0 Å². The van der Waals surface area contributed by atoms with Crippen LogP contribution in [-0.2, 0) is 24.4 Å². The molecule has 0 radical (unpaired) electrons. The molecule has 0 fully saturated rings. The van der Waals surface area contributed by atoms with Gasteiger partial charge in [-0.05, 0) is 13.0 Å². The highest BCUT2D eigenvalue weighted by Crippen LogP contribution is 2.00. The van der Waals surface area contributed by atoms with Gasteiger partial charge in [-0.3, -0.25) is 19.0 Å². The van der Waals surface area contributed by atoms with Crippen molar-refractivity contribution >= 4 is 11.9 Å². The summed E-state index contributed by atoms with van der Waals surface area (Å²) in [7, 11) is 0. The highest BCUT2D eigenvalue weighted by atomic mass is 16.4. The van der Waals surface area contributed by atoms with Crippen molar-refractivity contribution in [3.05, 3.63) is 35.9 Å². The Morgan fingerprint density at radius 3 is 2.85 bits per heavy atom. The first-order valence-electron chi connectivity index (χ1n) is 6.13. The van der Waals surface area contributed by atoms with Gasteiger partial charge in [-0.2, -0.15) is 10.2 Å². The van der Waals surface area contributed by atoms with Crippen molar-refractivity contribution in [2.45, 2.75) is 26.6 Å². The highest BCUT2D eigenvalue weighted by molar-refractivity contribution is 5.93. The number of aryl methyl sites for hydroxylation is 1. The maximum Gasteiger partial charge on any atom is 0.325 e. The molecule has 2 aromatic rings. The zero-order valence-corrected chi connectivity index (χ0v) is 11.0. The van der Waals surface area contributed by atoms with Crippen LogP contribution in [0.4, 0.5) is 0 Å². The summed E-state index contributed by atoms with van der Waals surface area (Å²) in [4.78, 5) is 22.4. The number of carbonyl (C=O) groups excluding carboxylic acids is 1. The Kier molecular flexibility index (Phi) is 4.14. The SMILES string of the molecule is CCn1ccc(CNC(=O)c2cnn(CC(=O)O)c2)n1. The van der Waals surface area contributed by atoms with Crippen LogP contribution in [0.3, 0.4) is 0 Å². The van der Waals surface area contributed by atoms with Crippen molar-refractivity contribution in [2.75, 3.05) is 0 Å². The lowest BCUT2D eigenvalue weighted by Gasteiger charge is -2.00. The second-order valence-corrected chi connectivity index (χ2v) is 4.17. The van der Waals surface area contributed by atoms with E-state index >= 15 is 0 Å². The lowest BCUT2D eigenvalue weighted by atomic mass is 10.3. The lowest BCUT2D eigenvalue weighted by molar-refractivity contribution is -0.137. The topological polar surface area (TPSA) is 102 Å². The van der Waals surface area contributed by atoms with E-state index in [9.17, 15) is 9.59 Å². The number of aliphatic carboxylic acids is 1. The number of rotatable bonds is 6. The minimum absolute atomic E-state index is 0.270. The summed E-state index contributed by atoms with van der Waals surface area (Å²) in [6.07, 6.45) is 4.57. The largest absolute Gasteiger partial charge is 0.480 e. The van der Waals surface area contributed by atoms with Gasteiger partial charge in [0.05, 0.1) is 24.0 Å². The predicted molar refractivity (Wildman–Crippen MR) is 68.9 cm³/mol. The number of carboxylic acid groups (broad SMARTS) is 1. The molecule has 0 spiro atoms. The molecule has 0 atom stereocenters. The van der Waals surface area contributed by atoms with E-state index in [1.54, 1.807) is 4.68 Å². The molecule has 0 aliphatic heterocycles. The highest BCUT2D eigenvalue weighted by Gasteiger charge is 2.10. The van der Waals surface area contributed by atoms with Crippen LogP contribution < -0.4 is 5.32 Å². The van der Waals surface area contributed by atoms with Crippen molar-refractivity contribution in [2.24, 2.45) is 0 Å². The third-order valence-electron chi connectivity index (χ3n) is 2.64. The van der Waals surface area contributed by atoms with Crippen molar-refractivity contribution in [1.82, 2.24) is 24.9 Å². The zero-order valence-electron chi connectivity index (χ0n) is 11.0. The van der Waals surface area contributed by atoms with E-state index in [0.717, 1.165) is 12.2 Å². The average molecular weight is 277 g/mol. The molecule has 2 aromatic heterocycles. The summed E-state index contributed by atoms with van der Waals surface area (Å²) in [6, 6.07) is 1.83. The second-order valence-electron chi connectivity index (χ2n) is 4.17. The fourth-order valence-corrected chi connectivity index (χ4v) is 1.65. The van der Waals surface area contributed by atoms with E-state index in [4.69, 9.17) is 5.11 Å². The minimum Gasteiger partial charge on any atom is -0.480 e. The van der Waals surface area contributed by atoms with Gasteiger partial charge >= 0.3 is 5.97 Å². The smallest absolute Gasteiger partial charge is 0.325 e. The number of carbonyl (C=O) groups is 2. The number of hydrogen-bond donors (Lipinski definition) is 2. The third kappa shape index (κ3) is 3.44. The molecule has 0 aromatic carbocycles. The molecule has 0 aliphatic rings. The first kappa shape index (κ1) is 13.8. The number of hydrogen-bond acceptors (Lipinski definition) is 4. The van der Waals surface area contributed by atoms with Gasteiger partial charge in [0.25, 0.3) is 5.91 Å². The first-order chi connectivity index (χ1) is 9.58. The molecule has 0 unspecified atom stereocenters. The molecule has 2 heterocycles. The normalized spacial score (nSPS) is 10.4. The molecule has 0 saturated carbocycles. The molecule has 0 aliphatic carbocycles. The standard InChI is InChI=1S/C12H15N5O3/c1-2-16-4-3-10(15-16)6-13-12(20)9-5-14-17(7-9)8-11(18)19/h3-5,7H,2,6,8H2,1H3,(H,13,20)(H,18,19). The van der Waals surface area contributed by atoms with Gasteiger partial charge in [-0.1, -0.05) is 0 Å². The van der Waals surface area contributed by atoms with Crippen LogP contribution in [0.5, 0.6) is 0 Å². The molecule has 1 amide bonds. The van der Waals surface area contributed by atoms with Crippen LogP contribution in [0.1, 0.15) is 23.0 Å². The van der Waals surface area contributed by atoms with Crippen molar-refractivity contribution < 1.29 is 14.7 Å². The number of nitrogens with one attached hydrogen (secondary N) is 1. The molecule has 0 saturated heterocycles. The number of amides is 1. The average Bonchev–Trinajstić information content (AvgIpc) is 3.04. The van der Waals surface area contributed by atoms with E-state index in [0.29, 0.717) is 12.1 Å². The summed E-state index contributed by atoms with van der Waals surface area (Å²) in [5.41, 5.74) is 1.08. The summed E-state index contributed by atoms with van der Waals surface area (Å²) < 4.78 is 2.97. The van der Waals surface area contributed by atoms with Crippen LogP contribution in [0.25, 0.3) is 0 Å². The molecular formula is C12H15N5O3. The molecule has 8 nitrogen and oxygen atoms in total. The van der Waals surface area contributed by atoms with Crippen LogP contribution in [0.15, 0.2) is 24.7 Å². The Balaban J connectivity index is 1.91. The molecular weight excluding hydrogens is 262 g/mol. The molecule has 8 heteroatoms. The van der Waals surface area contributed by atoms with E-state index < -0.39 is 5.97 Å². The number of aromatic nitrogens is 4.